The molecule has 0 unspecified atom stereocenters. The number of nitro benzene ring substituents is 1. The molecule has 1 N–H and O–H groups in total. The van der Waals surface area contributed by atoms with Crippen molar-refractivity contribution < 1.29 is 19.6 Å². The van der Waals surface area contributed by atoms with Crippen LogP contribution < -0.4 is 0 Å². The topological polar surface area (TPSA) is 101 Å². The van der Waals surface area contributed by atoms with Gasteiger partial charge in [0.05, 0.1) is 9.83 Å². The van der Waals surface area contributed by atoms with Crippen molar-refractivity contribution in [3.8, 4) is 0 Å². The third-order valence-electron chi connectivity index (χ3n) is 4.80. The van der Waals surface area contributed by atoms with Crippen molar-refractivity contribution in [1.29, 1.82) is 0 Å². The molecule has 0 saturated carbocycles. The summed E-state index contributed by atoms with van der Waals surface area (Å²) in [7, 11) is 0. The van der Waals surface area contributed by atoms with E-state index in [0.717, 1.165) is 56.9 Å². The minimum Gasteiger partial charge on any atom is -0.481 e. The molecule has 7 nitrogen and oxygen atoms in total. The fourth-order valence-corrected chi connectivity index (χ4v) is 4.45. The maximum atomic E-state index is 12.6. The Bertz CT molecular complexity index is 808. The van der Waals surface area contributed by atoms with E-state index in [1.54, 1.807) is 23.1 Å². The molecular formula is C21H26N2O5S2. The maximum Gasteiger partial charge on any atom is 0.303 e. The summed E-state index contributed by atoms with van der Waals surface area (Å²) in [4.78, 5) is 35.5. The van der Waals surface area contributed by atoms with Crippen LogP contribution in [-0.4, -0.2) is 37.7 Å². The van der Waals surface area contributed by atoms with E-state index in [-0.39, 0.29) is 18.0 Å². The number of carboxylic acid groups (broad SMARTS) is 1. The second kappa shape index (κ2) is 12.4. The van der Waals surface area contributed by atoms with Gasteiger partial charge in [-0.3, -0.25) is 24.6 Å². The molecule has 1 fully saturated rings. The van der Waals surface area contributed by atoms with Crippen LogP contribution in [0, 0.1) is 10.1 Å². The van der Waals surface area contributed by atoms with Crippen LogP contribution in [0.25, 0.3) is 6.08 Å². The molecule has 30 heavy (non-hydrogen) atoms. The number of carbonyl (C=O) groups is 2. The largest absolute Gasteiger partial charge is 0.481 e. The van der Waals surface area contributed by atoms with Crippen molar-refractivity contribution in [3.05, 3.63) is 44.8 Å². The summed E-state index contributed by atoms with van der Waals surface area (Å²) in [5.74, 6) is -0.838. The van der Waals surface area contributed by atoms with Crippen LogP contribution in [0.2, 0.25) is 0 Å². The van der Waals surface area contributed by atoms with Crippen molar-refractivity contribution in [2.24, 2.45) is 0 Å². The molecule has 1 saturated heterocycles. The SMILES string of the molecule is O=C(O)CCCCCCCCCCN1C(=O)C(=Cc2ccc([N+](=O)[O-])cc2)SC1=S. The second-order valence-electron chi connectivity index (χ2n) is 7.15. The average Bonchev–Trinajstić information content (AvgIpc) is 2.96. The number of aliphatic carboxylic acids is 1. The zero-order valence-electron chi connectivity index (χ0n) is 16.7. The molecule has 1 heterocycles. The Morgan fingerprint density at radius 2 is 1.63 bits per heavy atom. The summed E-state index contributed by atoms with van der Waals surface area (Å²) in [6.07, 6.45) is 9.97. The minimum atomic E-state index is -0.728. The Morgan fingerprint density at radius 1 is 1.07 bits per heavy atom. The number of carbonyl (C=O) groups excluding carboxylic acids is 1. The summed E-state index contributed by atoms with van der Waals surface area (Å²) in [6.45, 7) is 0.598. The molecule has 0 aliphatic carbocycles. The first-order chi connectivity index (χ1) is 14.4. The Kier molecular flexibility index (Phi) is 9.96. The zero-order valence-corrected chi connectivity index (χ0v) is 18.4. The van der Waals surface area contributed by atoms with E-state index in [0.29, 0.717) is 15.8 Å². The van der Waals surface area contributed by atoms with Gasteiger partial charge in [-0.15, -0.1) is 0 Å². The molecule has 1 aromatic carbocycles. The fourth-order valence-electron chi connectivity index (χ4n) is 3.14. The number of thiocarbonyl (C=S) groups is 1. The molecule has 162 valence electrons. The van der Waals surface area contributed by atoms with Crippen LogP contribution >= 0.6 is 24.0 Å². The predicted octanol–water partition coefficient (Wildman–Crippen LogP) is 5.39. The van der Waals surface area contributed by atoms with E-state index < -0.39 is 10.9 Å². The predicted molar refractivity (Wildman–Crippen MR) is 122 cm³/mol. The van der Waals surface area contributed by atoms with E-state index >= 15 is 0 Å². The lowest BCUT2D eigenvalue weighted by atomic mass is 10.1. The highest BCUT2D eigenvalue weighted by atomic mass is 32.2. The Morgan fingerprint density at radius 3 is 2.20 bits per heavy atom. The Labute approximate surface area is 185 Å². The molecule has 0 bridgehead atoms. The molecule has 2 rings (SSSR count). The van der Waals surface area contributed by atoms with Crippen molar-refractivity contribution in [3.63, 3.8) is 0 Å². The molecule has 1 aromatic rings. The molecule has 0 atom stereocenters. The number of carboxylic acids is 1. The van der Waals surface area contributed by atoms with Gasteiger partial charge in [0.1, 0.15) is 4.32 Å². The van der Waals surface area contributed by atoms with Gasteiger partial charge in [0.25, 0.3) is 11.6 Å². The fraction of sp³-hybridized carbons (Fsp3) is 0.476. The first-order valence-corrected chi connectivity index (χ1v) is 11.3. The third kappa shape index (κ3) is 7.87. The van der Waals surface area contributed by atoms with Gasteiger partial charge in [0, 0.05) is 25.1 Å². The third-order valence-corrected chi connectivity index (χ3v) is 6.18. The van der Waals surface area contributed by atoms with Gasteiger partial charge in [-0.25, -0.2) is 0 Å². The lowest BCUT2D eigenvalue weighted by Gasteiger charge is -2.14. The summed E-state index contributed by atoms with van der Waals surface area (Å²) >= 11 is 6.60. The second-order valence-corrected chi connectivity index (χ2v) is 8.83. The molecule has 0 aromatic heterocycles. The van der Waals surface area contributed by atoms with Crippen LogP contribution in [0.5, 0.6) is 0 Å². The number of rotatable bonds is 13. The average molecular weight is 451 g/mol. The Hall–Kier alpha value is -2.26. The zero-order chi connectivity index (χ0) is 21.9. The number of amides is 1. The van der Waals surface area contributed by atoms with Crippen molar-refractivity contribution in [2.45, 2.75) is 57.8 Å². The summed E-state index contributed by atoms with van der Waals surface area (Å²) < 4.78 is 0.548. The van der Waals surface area contributed by atoms with E-state index in [1.165, 1.54) is 23.9 Å². The van der Waals surface area contributed by atoms with Gasteiger partial charge in [-0.05, 0) is 36.6 Å². The molecule has 0 spiro atoms. The number of hydrogen-bond donors (Lipinski definition) is 1. The summed E-state index contributed by atoms with van der Waals surface area (Å²) in [5, 5.41) is 19.3. The van der Waals surface area contributed by atoms with Crippen molar-refractivity contribution in [2.75, 3.05) is 6.54 Å². The molecule has 0 radical (unpaired) electrons. The Balaban J connectivity index is 1.68. The number of hydrogen-bond acceptors (Lipinski definition) is 6. The van der Waals surface area contributed by atoms with Crippen LogP contribution in [0.4, 0.5) is 5.69 Å². The van der Waals surface area contributed by atoms with Gasteiger partial charge < -0.3 is 5.11 Å². The standard InChI is InChI=1S/C21H26N2O5S2/c24-19(25)9-7-5-3-1-2-4-6-8-14-22-20(26)18(30-21(22)29)15-16-10-12-17(13-11-16)23(27)28/h10-13,15H,1-9,14H2,(H,24,25). The lowest BCUT2D eigenvalue weighted by molar-refractivity contribution is -0.384. The molecule has 1 aliphatic heterocycles. The van der Waals surface area contributed by atoms with E-state index in [4.69, 9.17) is 17.3 Å². The first-order valence-electron chi connectivity index (χ1n) is 10.1. The number of benzene rings is 1. The smallest absolute Gasteiger partial charge is 0.303 e. The summed E-state index contributed by atoms with van der Waals surface area (Å²) in [6, 6.07) is 6.07. The highest BCUT2D eigenvalue weighted by molar-refractivity contribution is 8.26. The van der Waals surface area contributed by atoms with E-state index in [2.05, 4.69) is 0 Å². The summed E-state index contributed by atoms with van der Waals surface area (Å²) in [5.41, 5.74) is 0.740. The number of thioether (sulfide) groups is 1. The van der Waals surface area contributed by atoms with E-state index in [9.17, 15) is 19.7 Å². The highest BCUT2D eigenvalue weighted by Gasteiger charge is 2.31. The van der Waals surface area contributed by atoms with Crippen LogP contribution in [0.3, 0.4) is 0 Å². The molecule has 9 heteroatoms. The van der Waals surface area contributed by atoms with Gasteiger partial charge in [-0.2, -0.15) is 0 Å². The van der Waals surface area contributed by atoms with Crippen LogP contribution in [-0.2, 0) is 9.59 Å². The highest BCUT2D eigenvalue weighted by Crippen LogP contribution is 2.33. The van der Waals surface area contributed by atoms with Crippen LogP contribution in [0.15, 0.2) is 29.2 Å². The quantitative estimate of drug-likeness (QED) is 0.141. The van der Waals surface area contributed by atoms with Crippen LogP contribution in [0.1, 0.15) is 63.4 Å². The minimum absolute atomic E-state index is 0.0139. The number of non-ortho nitro benzene ring substituents is 1. The van der Waals surface area contributed by atoms with Gasteiger partial charge in [0.2, 0.25) is 0 Å². The lowest BCUT2D eigenvalue weighted by Crippen LogP contribution is -2.29. The number of nitrogens with zero attached hydrogens (tertiary/aromatic N) is 2. The molecular weight excluding hydrogens is 424 g/mol. The molecule has 1 amide bonds. The monoisotopic (exact) mass is 450 g/mol. The number of unbranched alkanes of at least 4 members (excludes halogenated alkanes) is 7. The number of nitro groups is 1. The van der Waals surface area contributed by atoms with Gasteiger partial charge in [-0.1, -0.05) is 62.5 Å². The first kappa shape index (κ1) is 24.0. The van der Waals surface area contributed by atoms with Crippen molar-refractivity contribution >= 4 is 51.9 Å². The van der Waals surface area contributed by atoms with Gasteiger partial charge >= 0.3 is 5.97 Å². The normalized spacial score (nSPS) is 15.2. The van der Waals surface area contributed by atoms with E-state index in [1.807, 2.05) is 0 Å². The molecule has 1 aliphatic rings. The van der Waals surface area contributed by atoms with Crippen molar-refractivity contribution in [1.82, 2.24) is 4.90 Å². The maximum absolute atomic E-state index is 12.6. The van der Waals surface area contributed by atoms with Gasteiger partial charge in [0.15, 0.2) is 0 Å².